The normalized spacial score (nSPS) is 11.9. The smallest absolute Gasteiger partial charge is 0.299 e. The molecule has 0 spiro atoms. The van der Waals surface area contributed by atoms with Gasteiger partial charge in [0.15, 0.2) is 0 Å². The highest BCUT2D eigenvalue weighted by molar-refractivity contribution is 9.10. The standard InChI is InChI=1S/C12H12BrF3O/c1-7(2)11(17)5-8-3-4-9(6-10(8)13)12(14,15)16/h3-4,6-7H,5H2,1-2H3. The molecule has 0 aromatic heterocycles. The molecular formula is C12H12BrF3O. The van der Waals surface area contributed by atoms with Crippen LogP contribution in [0.4, 0.5) is 13.2 Å². The third kappa shape index (κ3) is 3.84. The lowest BCUT2D eigenvalue weighted by molar-refractivity contribution is -0.137. The lowest BCUT2D eigenvalue weighted by Crippen LogP contribution is -2.11. The second-order valence-corrected chi connectivity index (χ2v) is 4.96. The van der Waals surface area contributed by atoms with Crippen molar-refractivity contribution in [3.63, 3.8) is 0 Å². The van der Waals surface area contributed by atoms with Gasteiger partial charge in [0.25, 0.3) is 0 Å². The van der Waals surface area contributed by atoms with E-state index in [1.807, 2.05) is 0 Å². The summed E-state index contributed by atoms with van der Waals surface area (Å²) in [6.45, 7) is 3.53. The minimum absolute atomic E-state index is 0.00505. The number of Topliss-reactive ketones (excluding diaryl/α,β-unsaturated/α-hetero) is 1. The van der Waals surface area contributed by atoms with Gasteiger partial charge in [-0.1, -0.05) is 35.8 Å². The summed E-state index contributed by atoms with van der Waals surface area (Å²) >= 11 is 3.06. The van der Waals surface area contributed by atoms with Gasteiger partial charge in [-0.3, -0.25) is 4.79 Å². The van der Waals surface area contributed by atoms with Crippen LogP contribution in [-0.4, -0.2) is 5.78 Å². The number of hydrogen-bond donors (Lipinski definition) is 0. The molecule has 0 saturated carbocycles. The maximum absolute atomic E-state index is 12.4. The Morgan fingerprint density at radius 1 is 1.35 bits per heavy atom. The largest absolute Gasteiger partial charge is 0.416 e. The average molecular weight is 309 g/mol. The summed E-state index contributed by atoms with van der Waals surface area (Å²) in [7, 11) is 0. The summed E-state index contributed by atoms with van der Waals surface area (Å²) in [6.07, 6.45) is -4.21. The first-order valence-electron chi connectivity index (χ1n) is 5.10. The number of carbonyl (C=O) groups excluding carboxylic acids is 1. The van der Waals surface area contributed by atoms with Gasteiger partial charge in [0.2, 0.25) is 0 Å². The minimum Gasteiger partial charge on any atom is -0.299 e. The van der Waals surface area contributed by atoms with E-state index in [0.29, 0.717) is 10.0 Å². The Kier molecular flexibility index (Phi) is 4.36. The molecule has 0 saturated heterocycles. The minimum atomic E-state index is -4.36. The van der Waals surface area contributed by atoms with E-state index in [1.165, 1.54) is 6.07 Å². The molecule has 1 aromatic carbocycles. The number of alkyl halides is 3. The lowest BCUT2D eigenvalue weighted by atomic mass is 10.0. The fourth-order valence-corrected chi connectivity index (χ4v) is 1.78. The van der Waals surface area contributed by atoms with Crippen molar-refractivity contribution < 1.29 is 18.0 Å². The summed E-state index contributed by atoms with van der Waals surface area (Å²) in [6, 6.07) is 3.34. The van der Waals surface area contributed by atoms with E-state index in [9.17, 15) is 18.0 Å². The molecule has 0 aliphatic heterocycles. The van der Waals surface area contributed by atoms with Crippen molar-refractivity contribution in [3.05, 3.63) is 33.8 Å². The highest BCUT2D eigenvalue weighted by atomic mass is 79.9. The summed E-state index contributed by atoms with van der Waals surface area (Å²) < 4.78 is 37.5. The third-order valence-electron chi connectivity index (χ3n) is 2.39. The van der Waals surface area contributed by atoms with Crippen molar-refractivity contribution in [2.24, 2.45) is 5.92 Å². The zero-order valence-electron chi connectivity index (χ0n) is 9.44. The van der Waals surface area contributed by atoms with E-state index in [-0.39, 0.29) is 18.1 Å². The molecule has 0 heterocycles. The molecule has 1 aromatic rings. The van der Waals surface area contributed by atoms with Crippen LogP contribution in [0.5, 0.6) is 0 Å². The van der Waals surface area contributed by atoms with E-state index in [2.05, 4.69) is 15.9 Å². The van der Waals surface area contributed by atoms with Crippen molar-refractivity contribution >= 4 is 21.7 Å². The zero-order valence-corrected chi connectivity index (χ0v) is 11.0. The highest BCUT2D eigenvalue weighted by Gasteiger charge is 2.30. The SMILES string of the molecule is CC(C)C(=O)Cc1ccc(C(F)(F)F)cc1Br. The fraction of sp³-hybridized carbons (Fsp3) is 0.417. The molecule has 0 amide bonds. The summed E-state index contributed by atoms with van der Waals surface area (Å²) in [5.41, 5.74) is -0.137. The molecule has 0 aliphatic rings. The van der Waals surface area contributed by atoms with E-state index >= 15 is 0 Å². The Balaban J connectivity index is 2.95. The second-order valence-electron chi connectivity index (χ2n) is 4.10. The van der Waals surface area contributed by atoms with Crippen LogP contribution in [-0.2, 0) is 17.4 Å². The number of carbonyl (C=O) groups is 1. The van der Waals surface area contributed by atoms with Crippen LogP contribution in [0.3, 0.4) is 0 Å². The predicted molar refractivity (Wildman–Crippen MR) is 62.7 cm³/mol. The Morgan fingerprint density at radius 3 is 2.35 bits per heavy atom. The van der Waals surface area contributed by atoms with Gasteiger partial charge in [0, 0.05) is 16.8 Å². The molecule has 5 heteroatoms. The highest BCUT2D eigenvalue weighted by Crippen LogP contribution is 2.32. The number of benzene rings is 1. The van der Waals surface area contributed by atoms with Gasteiger partial charge < -0.3 is 0 Å². The van der Waals surface area contributed by atoms with Crippen molar-refractivity contribution in [2.45, 2.75) is 26.4 Å². The molecule has 17 heavy (non-hydrogen) atoms. The average Bonchev–Trinajstić information content (AvgIpc) is 2.19. The van der Waals surface area contributed by atoms with Crippen LogP contribution < -0.4 is 0 Å². The molecule has 0 bridgehead atoms. The summed E-state index contributed by atoms with van der Waals surface area (Å²) in [5, 5.41) is 0. The quantitative estimate of drug-likeness (QED) is 0.816. The Morgan fingerprint density at radius 2 is 1.94 bits per heavy atom. The second kappa shape index (κ2) is 5.21. The van der Waals surface area contributed by atoms with E-state index in [1.54, 1.807) is 13.8 Å². The Bertz CT molecular complexity index is 424. The first kappa shape index (κ1) is 14.2. The van der Waals surface area contributed by atoms with Gasteiger partial charge in [-0.2, -0.15) is 13.2 Å². The van der Waals surface area contributed by atoms with Crippen LogP contribution in [0.25, 0.3) is 0 Å². The van der Waals surface area contributed by atoms with E-state index < -0.39 is 11.7 Å². The first-order chi connectivity index (χ1) is 7.71. The fourth-order valence-electron chi connectivity index (χ4n) is 1.26. The van der Waals surface area contributed by atoms with Gasteiger partial charge in [-0.25, -0.2) is 0 Å². The topological polar surface area (TPSA) is 17.1 Å². The number of ketones is 1. The van der Waals surface area contributed by atoms with E-state index in [0.717, 1.165) is 12.1 Å². The van der Waals surface area contributed by atoms with Crippen LogP contribution in [0.2, 0.25) is 0 Å². The Hall–Kier alpha value is -0.840. The summed E-state index contributed by atoms with van der Waals surface area (Å²) in [4.78, 5) is 11.5. The van der Waals surface area contributed by atoms with Crippen LogP contribution in [0, 0.1) is 5.92 Å². The van der Waals surface area contributed by atoms with Crippen LogP contribution in [0.15, 0.2) is 22.7 Å². The first-order valence-corrected chi connectivity index (χ1v) is 5.89. The number of halogens is 4. The molecule has 0 atom stereocenters. The molecular weight excluding hydrogens is 297 g/mol. The molecule has 94 valence electrons. The lowest BCUT2D eigenvalue weighted by Gasteiger charge is -2.10. The maximum Gasteiger partial charge on any atom is 0.416 e. The van der Waals surface area contributed by atoms with Gasteiger partial charge in [-0.05, 0) is 17.7 Å². The molecule has 0 unspecified atom stereocenters. The Labute approximate surface area is 106 Å². The van der Waals surface area contributed by atoms with Gasteiger partial charge in [0.05, 0.1) is 5.56 Å². The predicted octanol–water partition coefficient (Wildman–Crippen LogP) is 4.24. The van der Waals surface area contributed by atoms with Crippen molar-refractivity contribution in [2.75, 3.05) is 0 Å². The molecule has 1 nitrogen and oxygen atoms in total. The number of hydrogen-bond acceptors (Lipinski definition) is 1. The molecule has 0 radical (unpaired) electrons. The van der Waals surface area contributed by atoms with Gasteiger partial charge in [-0.15, -0.1) is 0 Å². The van der Waals surface area contributed by atoms with E-state index in [4.69, 9.17) is 0 Å². The monoisotopic (exact) mass is 308 g/mol. The van der Waals surface area contributed by atoms with Crippen molar-refractivity contribution in [1.29, 1.82) is 0 Å². The van der Waals surface area contributed by atoms with Gasteiger partial charge in [0.1, 0.15) is 5.78 Å². The van der Waals surface area contributed by atoms with Crippen molar-refractivity contribution in [3.8, 4) is 0 Å². The summed E-state index contributed by atoms with van der Waals surface area (Å²) in [5.74, 6) is -0.116. The molecule has 1 rings (SSSR count). The van der Waals surface area contributed by atoms with Crippen LogP contribution >= 0.6 is 15.9 Å². The molecule has 0 aliphatic carbocycles. The zero-order chi connectivity index (χ0) is 13.2. The molecule has 0 N–H and O–H groups in total. The van der Waals surface area contributed by atoms with Crippen molar-refractivity contribution in [1.82, 2.24) is 0 Å². The molecule has 0 fully saturated rings. The van der Waals surface area contributed by atoms with Crippen LogP contribution in [0.1, 0.15) is 25.0 Å². The third-order valence-corrected chi connectivity index (χ3v) is 3.13. The van der Waals surface area contributed by atoms with Gasteiger partial charge >= 0.3 is 6.18 Å². The maximum atomic E-state index is 12.4. The number of rotatable bonds is 3.